The molecule has 0 aliphatic carbocycles. The summed E-state index contributed by atoms with van der Waals surface area (Å²) in [6, 6.07) is 17.5. The highest BCUT2D eigenvalue weighted by molar-refractivity contribution is 14.0. The van der Waals surface area contributed by atoms with E-state index in [1.165, 1.54) is 11.1 Å². The molecule has 2 N–H and O–H groups in total. The molecule has 0 saturated carbocycles. The van der Waals surface area contributed by atoms with Crippen LogP contribution >= 0.6 is 35.6 Å². The van der Waals surface area contributed by atoms with Gasteiger partial charge < -0.3 is 15.5 Å². The third kappa shape index (κ3) is 6.47. The van der Waals surface area contributed by atoms with E-state index in [9.17, 15) is 4.79 Å². The Balaban J connectivity index is 0.00000300. The van der Waals surface area contributed by atoms with E-state index in [0.717, 1.165) is 25.5 Å². The number of halogens is 2. The first-order chi connectivity index (χ1) is 13.7. The Bertz CT molecular complexity index is 870. The number of amides is 1. The zero-order valence-electron chi connectivity index (χ0n) is 16.4. The van der Waals surface area contributed by atoms with Crippen LogP contribution in [0.5, 0.6) is 0 Å². The third-order valence-corrected chi connectivity index (χ3v) is 5.01. The average Bonchev–Trinajstić information content (AvgIpc) is 2.75. The van der Waals surface area contributed by atoms with Crippen molar-refractivity contribution in [3.8, 4) is 0 Å². The number of carbonyl (C=O) groups is 1. The van der Waals surface area contributed by atoms with Crippen molar-refractivity contribution in [2.75, 3.05) is 33.2 Å². The second-order valence-corrected chi connectivity index (χ2v) is 6.91. The van der Waals surface area contributed by atoms with Gasteiger partial charge in [-0.05, 0) is 29.7 Å². The summed E-state index contributed by atoms with van der Waals surface area (Å²) in [7, 11) is 1.78. The van der Waals surface area contributed by atoms with Crippen LogP contribution in [0.2, 0.25) is 5.02 Å². The summed E-state index contributed by atoms with van der Waals surface area (Å²) >= 11 is 6.05. The van der Waals surface area contributed by atoms with Gasteiger partial charge >= 0.3 is 0 Å². The Morgan fingerprint density at radius 3 is 2.41 bits per heavy atom. The van der Waals surface area contributed by atoms with Crippen LogP contribution in [0.4, 0.5) is 0 Å². The molecule has 1 aliphatic rings. The van der Waals surface area contributed by atoms with Crippen molar-refractivity contribution < 1.29 is 4.79 Å². The number of benzene rings is 2. The lowest BCUT2D eigenvalue weighted by atomic mass is 10.00. The number of rotatable bonds is 5. The first kappa shape index (κ1) is 23.2. The molecule has 1 aliphatic heterocycles. The number of aliphatic imine (C=N–C) groups is 1. The molecule has 0 bridgehead atoms. The average molecular weight is 525 g/mol. The lowest BCUT2D eigenvalue weighted by molar-refractivity contribution is 0.0954. The van der Waals surface area contributed by atoms with Gasteiger partial charge in [0.1, 0.15) is 0 Å². The Morgan fingerprint density at radius 2 is 1.76 bits per heavy atom. The summed E-state index contributed by atoms with van der Waals surface area (Å²) < 4.78 is 0. The first-order valence-corrected chi connectivity index (χ1v) is 9.79. The van der Waals surface area contributed by atoms with Gasteiger partial charge in [-0.3, -0.25) is 9.79 Å². The van der Waals surface area contributed by atoms with Gasteiger partial charge in [-0.1, -0.05) is 60.1 Å². The van der Waals surface area contributed by atoms with E-state index in [0.29, 0.717) is 23.7 Å². The monoisotopic (exact) mass is 524 g/mol. The SMILES string of the molecule is CN=C(NCCNC(=O)c1ccccc1Cl)N1CC=C(c2ccccc2)CC1.I. The highest BCUT2D eigenvalue weighted by Crippen LogP contribution is 2.21. The number of nitrogens with zero attached hydrogens (tertiary/aromatic N) is 2. The number of hydrogen-bond acceptors (Lipinski definition) is 2. The maximum absolute atomic E-state index is 12.2. The van der Waals surface area contributed by atoms with Crippen LogP contribution in [0.3, 0.4) is 0 Å². The van der Waals surface area contributed by atoms with Gasteiger partial charge in [-0.15, -0.1) is 24.0 Å². The number of nitrogens with one attached hydrogen (secondary N) is 2. The molecule has 2 aromatic rings. The Labute approximate surface area is 194 Å². The fraction of sp³-hybridized carbons (Fsp3) is 0.273. The molecule has 0 fully saturated rings. The van der Waals surface area contributed by atoms with E-state index in [1.807, 2.05) is 6.07 Å². The zero-order valence-corrected chi connectivity index (χ0v) is 19.5. The molecule has 2 aromatic carbocycles. The highest BCUT2D eigenvalue weighted by Gasteiger charge is 2.16. The molecule has 0 saturated heterocycles. The number of guanidine groups is 1. The molecule has 0 unspecified atom stereocenters. The molecule has 0 atom stereocenters. The standard InChI is InChI=1S/C22H25ClN4O.HI/c1-24-22(26-14-13-25-21(28)19-9-5-6-10-20(19)23)27-15-11-18(12-16-27)17-7-3-2-4-8-17;/h2-11H,12-16H2,1H3,(H,24,26)(H,25,28);1H. The summed E-state index contributed by atoms with van der Waals surface area (Å²) in [6.45, 7) is 2.80. The van der Waals surface area contributed by atoms with Gasteiger partial charge in [-0.25, -0.2) is 0 Å². The fourth-order valence-corrected chi connectivity index (χ4v) is 3.42. The van der Waals surface area contributed by atoms with Crippen molar-refractivity contribution in [3.05, 3.63) is 76.8 Å². The predicted molar refractivity (Wildman–Crippen MR) is 131 cm³/mol. The van der Waals surface area contributed by atoms with Gasteiger partial charge in [0.2, 0.25) is 0 Å². The maximum Gasteiger partial charge on any atom is 0.252 e. The summed E-state index contributed by atoms with van der Waals surface area (Å²) in [5.41, 5.74) is 3.15. The van der Waals surface area contributed by atoms with E-state index in [2.05, 4.69) is 50.9 Å². The molecule has 5 nitrogen and oxygen atoms in total. The number of hydrogen-bond donors (Lipinski definition) is 2. The molecule has 1 heterocycles. The van der Waals surface area contributed by atoms with Crippen LogP contribution in [-0.2, 0) is 0 Å². The van der Waals surface area contributed by atoms with E-state index in [4.69, 9.17) is 11.6 Å². The zero-order chi connectivity index (χ0) is 19.8. The van der Waals surface area contributed by atoms with Crippen LogP contribution in [0.15, 0.2) is 65.7 Å². The topological polar surface area (TPSA) is 56.7 Å². The van der Waals surface area contributed by atoms with E-state index in [-0.39, 0.29) is 29.9 Å². The number of carbonyl (C=O) groups excluding carboxylic acids is 1. The molecule has 0 spiro atoms. The second kappa shape index (κ2) is 11.8. The van der Waals surface area contributed by atoms with E-state index >= 15 is 0 Å². The summed E-state index contributed by atoms with van der Waals surface area (Å²) in [5, 5.41) is 6.65. The molecule has 1 amide bonds. The highest BCUT2D eigenvalue weighted by atomic mass is 127. The minimum atomic E-state index is -0.171. The van der Waals surface area contributed by atoms with Crippen molar-refractivity contribution in [2.24, 2.45) is 4.99 Å². The van der Waals surface area contributed by atoms with Crippen molar-refractivity contribution in [1.29, 1.82) is 0 Å². The lowest BCUT2D eigenvalue weighted by Gasteiger charge is -2.29. The Kier molecular flexibility index (Phi) is 9.47. The van der Waals surface area contributed by atoms with Crippen molar-refractivity contribution in [3.63, 3.8) is 0 Å². The first-order valence-electron chi connectivity index (χ1n) is 9.42. The Morgan fingerprint density at radius 1 is 1.07 bits per heavy atom. The normalized spacial score (nSPS) is 13.9. The molecular formula is C22H26ClIN4O. The largest absolute Gasteiger partial charge is 0.354 e. The van der Waals surface area contributed by atoms with Crippen molar-refractivity contribution in [2.45, 2.75) is 6.42 Å². The van der Waals surface area contributed by atoms with Crippen molar-refractivity contribution in [1.82, 2.24) is 15.5 Å². The van der Waals surface area contributed by atoms with Crippen LogP contribution in [0.25, 0.3) is 5.57 Å². The Hall–Kier alpha value is -2.06. The minimum Gasteiger partial charge on any atom is -0.354 e. The van der Waals surface area contributed by atoms with Gasteiger partial charge in [0.25, 0.3) is 5.91 Å². The molecule has 7 heteroatoms. The summed E-state index contributed by atoms with van der Waals surface area (Å²) in [4.78, 5) is 18.8. The predicted octanol–water partition coefficient (Wildman–Crippen LogP) is 4.05. The maximum atomic E-state index is 12.2. The van der Waals surface area contributed by atoms with Crippen molar-refractivity contribution >= 4 is 53.0 Å². The quantitative estimate of drug-likeness (QED) is 0.269. The second-order valence-electron chi connectivity index (χ2n) is 6.50. The fourth-order valence-electron chi connectivity index (χ4n) is 3.20. The molecular weight excluding hydrogens is 499 g/mol. The smallest absolute Gasteiger partial charge is 0.252 e. The van der Waals surface area contributed by atoms with Gasteiger partial charge in [0, 0.05) is 33.2 Å². The summed E-state index contributed by atoms with van der Waals surface area (Å²) in [6.07, 6.45) is 3.23. The lowest BCUT2D eigenvalue weighted by Crippen LogP contribution is -2.45. The van der Waals surface area contributed by atoms with Gasteiger partial charge in [0.15, 0.2) is 5.96 Å². The van der Waals surface area contributed by atoms with Crippen LogP contribution in [-0.4, -0.2) is 50.0 Å². The summed E-state index contributed by atoms with van der Waals surface area (Å²) in [5.74, 6) is 0.672. The molecule has 29 heavy (non-hydrogen) atoms. The van der Waals surface area contributed by atoms with Gasteiger partial charge in [-0.2, -0.15) is 0 Å². The van der Waals surface area contributed by atoms with Crippen LogP contribution in [0.1, 0.15) is 22.3 Å². The van der Waals surface area contributed by atoms with Crippen LogP contribution < -0.4 is 10.6 Å². The van der Waals surface area contributed by atoms with Gasteiger partial charge in [0.05, 0.1) is 10.6 Å². The third-order valence-electron chi connectivity index (χ3n) is 4.68. The van der Waals surface area contributed by atoms with Crippen LogP contribution in [0, 0.1) is 0 Å². The molecule has 3 rings (SSSR count). The molecule has 154 valence electrons. The molecule has 0 aromatic heterocycles. The molecule has 0 radical (unpaired) electrons. The van der Waals surface area contributed by atoms with E-state index in [1.54, 1.807) is 31.3 Å². The minimum absolute atomic E-state index is 0. The van der Waals surface area contributed by atoms with E-state index < -0.39 is 0 Å².